The van der Waals surface area contributed by atoms with Gasteiger partial charge in [0.15, 0.2) is 5.69 Å². The number of rotatable bonds is 4. The number of benzene rings is 2. The second-order valence-corrected chi connectivity index (χ2v) is 6.09. The standard InChI is InChI=1S/C18H12ClF2N3O2.K/c1-10-12-7-6-11(18(20,21)17(25)26)8-16(12)24(23-10)9-13-14(19)4-3-5-15(13)22-2;/h3-8H,9H2,1H3,(H,25,26);/q;+1/p-1. The first-order chi connectivity index (χ1) is 12.3. The van der Waals surface area contributed by atoms with Gasteiger partial charge in [-0.3, -0.25) is 4.68 Å². The molecule has 3 rings (SSSR count). The fraction of sp³-hybridized carbons (Fsp3) is 0.167. The monoisotopic (exact) mass is 413 g/mol. The van der Waals surface area contributed by atoms with Crippen LogP contribution in [0.4, 0.5) is 14.5 Å². The maximum atomic E-state index is 13.8. The van der Waals surface area contributed by atoms with Gasteiger partial charge >= 0.3 is 57.3 Å². The van der Waals surface area contributed by atoms with E-state index in [9.17, 15) is 18.7 Å². The average Bonchev–Trinajstić information content (AvgIpc) is 2.92. The van der Waals surface area contributed by atoms with E-state index < -0.39 is 17.5 Å². The number of carboxylic acid groups (broad SMARTS) is 1. The number of carbonyl (C=O) groups excluding carboxylic acids is 1. The van der Waals surface area contributed by atoms with Crippen LogP contribution in [0, 0.1) is 13.5 Å². The summed E-state index contributed by atoms with van der Waals surface area (Å²) in [6.07, 6.45) is 0. The van der Waals surface area contributed by atoms with Crippen LogP contribution in [-0.2, 0) is 17.3 Å². The van der Waals surface area contributed by atoms with Gasteiger partial charge in [0.25, 0.3) is 0 Å². The minimum Gasteiger partial charge on any atom is -0.544 e. The Morgan fingerprint density at radius 1 is 1.37 bits per heavy atom. The van der Waals surface area contributed by atoms with Crippen LogP contribution in [0.5, 0.6) is 0 Å². The van der Waals surface area contributed by atoms with Gasteiger partial charge in [-0.15, -0.1) is 0 Å². The van der Waals surface area contributed by atoms with Crippen LogP contribution in [0.2, 0.25) is 5.02 Å². The molecular formula is C18H11ClF2KN3O2. The van der Waals surface area contributed by atoms with Crippen LogP contribution in [0.3, 0.4) is 0 Å². The number of aromatic nitrogens is 2. The molecule has 0 radical (unpaired) electrons. The van der Waals surface area contributed by atoms with Gasteiger partial charge in [-0.1, -0.05) is 35.9 Å². The van der Waals surface area contributed by atoms with Crippen molar-refractivity contribution in [2.24, 2.45) is 0 Å². The minimum absolute atomic E-state index is 0. The van der Waals surface area contributed by atoms with Crippen LogP contribution in [0.1, 0.15) is 16.8 Å². The third kappa shape index (κ3) is 4.09. The zero-order chi connectivity index (χ0) is 19.1. The first kappa shape index (κ1) is 22.0. The van der Waals surface area contributed by atoms with Gasteiger partial charge in [0, 0.05) is 16.0 Å². The molecule has 1 heterocycles. The van der Waals surface area contributed by atoms with Crippen molar-refractivity contribution < 1.29 is 70.1 Å². The quantitative estimate of drug-likeness (QED) is 0.460. The number of carbonyl (C=O) groups is 1. The molecule has 0 N–H and O–H groups in total. The summed E-state index contributed by atoms with van der Waals surface area (Å²) in [4.78, 5) is 14.1. The molecule has 132 valence electrons. The van der Waals surface area contributed by atoms with Crippen LogP contribution in [-0.4, -0.2) is 15.7 Å². The Morgan fingerprint density at radius 2 is 2.07 bits per heavy atom. The molecule has 5 nitrogen and oxygen atoms in total. The molecule has 0 aliphatic carbocycles. The van der Waals surface area contributed by atoms with E-state index in [1.807, 2.05) is 0 Å². The first-order valence-corrected chi connectivity index (χ1v) is 7.85. The molecule has 0 bridgehead atoms. The second-order valence-electron chi connectivity index (χ2n) is 5.69. The molecule has 0 fully saturated rings. The SMILES string of the molecule is [C-]#[N+]c1cccc(Cl)c1Cn1nc(C)c2ccc(C(F)(F)C(=O)[O-])cc21.[K+]. The number of nitrogens with zero attached hydrogens (tertiary/aromatic N) is 3. The van der Waals surface area contributed by atoms with Gasteiger partial charge in [0.1, 0.15) is 5.97 Å². The van der Waals surface area contributed by atoms with Gasteiger partial charge in [-0.2, -0.15) is 13.9 Å². The smallest absolute Gasteiger partial charge is 0.544 e. The van der Waals surface area contributed by atoms with Crippen LogP contribution in [0.15, 0.2) is 36.4 Å². The fourth-order valence-corrected chi connectivity index (χ4v) is 2.96. The number of halogens is 3. The average molecular weight is 414 g/mol. The van der Waals surface area contributed by atoms with E-state index in [1.165, 1.54) is 10.7 Å². The first-order valence-electron chi connectivity index (χ1n) is 7.47. The Balaban J connectivity index is 0.00000261. The summed E-state index contributed by atoms with van der Waals surface area (Å²) in [5, 5.41) is 16.0. The Morgan fingerprint density at radius 3 is 2.70 bits per heavy atom. The summed E-state index contributed by atoms with van der Waals surface area (Å²) >= 11 is 6.17. The molecule has 0 unspecified atom stereocenters. The predicted octanol–water partition coefficient (Wildman–Crippen LogP) is 0.443. The summed E-state index contributed by atoms with van der Waals surface area (Å²) < 4.78 is 29.0. The normalized spacial score (nSPS) is 11.1. The van der Waals surface area contributed by atoms with Gasteiger partial charge in [0.05, 0.1) is 24.3 Å². The van der Waals surface area contributed by atoms with E-state index >= 15 is 0 Å². The Labute approximate surface area is 201 Å². The number of alkyl halides is 2. The van der Waals surface area contributed by atoms with Crippen LogP contribution in [0.25, 0.3) is 15.7 Å². The minimum atomic E-state index is -4.12. The van der Waals surface area contributed by atoms with Crippen molar-refractivity contribution in [2.75, 3.05) is 0 Å². The molecule has 0 amide bonds. The summed E-state index contributed by atoms with van der Waals surface area (Å²) in [6, 6.07) is 8.37. The number of aliphatic carboxylic acids is 1. The third-order valence-electron chi connectivity index (χ3n) is 4.08. The number of hydrogen-bond acceptors (Lipinski definition) is 3. The van der Waals surface area contributed by atoms with Gasteiger partial charge in [-0.25, -0.2) is 4.85 Å². The summed E-state index contributed by atoms with van der Waals surface area (Å²) in [5.41, 5.74) is 1.04. The molecule has 2 aromatic carbocycles. The molecule has 0 spiro atoms. The Kier molecular flexibility index (Phi) is 6.79. The molecule has 1 aromatic heterocycles. The molecule has 3 aromatic rings. The molecule has 0 aliphatic heterocycles. The van der Waals surface area contributed by atoms with Crippen LogP contribution < -0.4 is 56.5 Å². The van der Waals surface area contributed by atoms with Crippen molar-refractivity contribution in [1.82, 2.24) is 9.78 Å². The van der Waals surface area contributed by atoms with Crippen molar-refractivity contribution >= 4 is 34.2 Å². The van der Waals surface area contributed by atoms with Crippen molar-refractivity contribution in [3.63, 3.8) is 0 Å². The molecular weight excluding hydrogens is 403 g/mol. The predicted molar refractivity (Wildman–Crippen MR) is 90.2 cm³/mol. The van der Waals surface area contributed by atoms with Crippen LogP contribution >= 0.6 is 11.6 Å². The number of carboxylic acids is 1. The van der Waals surface area contributed by atoms with Crippen molar-refractivity contribution in [3.8, 4) is 0 Å². The van der Waals surface area contributed by atoms with E-state index in [0.29, 0.717) is 32.9 Å². The maximum Gasteiger partial charge on any atom is 1.00 e. The van der Waals surface area contributed by atoms with E-state index in [2.05, 4.69) is 9.94 Å². The number of fused-ring (bicyclic) bond motifs is 1. The van der Waals surface area contributed by atoms with Crippen molar-refractivity contribution in [1.29, 1.82) is 0 Å². The molecule has 0 saturated carbocycles. The van der Waals surface area contributed by atoms with E-state index in [4.69, 9.17) is 18.2 Å². The zero-order valence-corrected chi connectivity index (χ0v) is 18.3. The molecule has 9 heteroatoms. The maximum absolute atomic E-state index is 13.8. The topological polar surface area (TPSA) is 62.3 Å². The summed E-state index contributed by atoms with van der Waals surface area (Å²) in [5.74, 6) is -6.59. The molecule has 0 saturated heterocycles. The van der Waals surface area contributed by atoms with E-state index in [1.54, 1.807) is 25.1 Å². The van der Waals surface area contributed by atoms with Gasteiger partial charge in [0.2, 0.25) is 0 Å². The fourth-order valence-electron chi connectivity index (χ4n) is 2.73. The molecule has 0 aliphatic rings. The van der Waals surface area contributed by atoms with E-state index in [0.717, 1.165) is 12.1 Å². The largest absolute Gasteiger partial charge is 1.00 e. The molecule has 27 heavy (non-hydrogen) atoms. The number of hydrogen-bond donors (Lipinski definition) is 0. The van der Waals surface area contributed by atoms with Crippen molar-refractivity contribution in [2.45, 2.75) is 19.4 Å². The second kappa shape index (κ2) is 8.35. The zero-order valence-electron chi connectivity index (χ0n) is 14.5. The van der Waals surface area contributed by atoms with E-state index in [-0.39, 0.29) is 57.9 Å². The molecule has 0 atom stereocenters. The van der Waals surface area contributed by atoms with Gasteiger partial charge in [-0.05, 0) is 24.6 Å². The summed E-state index contributed by atoms with van der Waals surface area (Å²) in [7, 11) is 0. The van der Waals surface area contributed by atoms with Gasteiger partial charge < -0.3 is 9.90 Å². The summed E-state index contributed by atoms with van der Waals surface area (Å²) in [6.45, 7) is 9.04. The van der Waals surface area contributed by atoms with Crippen molar-refractivity contribution in [3.05, 3.63) is 69.7 Å². The Bertz CT molecular complexity index is 1080. The Hall–Kier alpha value is -1.34. The number of aryl methyl sites for hydroxylation is 1. The third-order valence-corrected chi connectivity index (χ3v) is 4.43.